The lowest BCUT2D eigenvalue weighted by atomic mass is 10.2. The second-order valence-electron chi connectivity index (χ2n) is 4.52. The van der Waals surface area contributed by atoms with Gasteiger partial charge in [0.1, 0.15) is 23.7 Å². The maximum absolute atomic E-state index is 5.44. The highest BCUT2D eigenvalue weighted by Gasteiger charge is 2.09. The molecule has 0 atom stereocenters. The van der Waals surface area contributed by atoms with E-state index in [0.717, 1.165) is 41.6 Å². The van der Waals surface area contributed by atoms with Crippen molar-refractivity contribution in [1.29, 1.82) is 0 Å². The molecule has 0 aliphatic carbocycles. The van der Waals surface area contributed by atoms with E-state index >= 15 is 0 Å². The molecular weight excluding hydrogens is 264 g/mol. The van der Waals surface area contributed by atoms with Gasteiger partial charge >= 0.3 is 0 Å². The van der Waals surface area contributed by atoms with Crippen molar-refractivity contribution in [2.24, 2.45) is 0 Å². The zero-order chi connectivity index (χ0) is 15.1. The molecule has 0 spiro atoms. The van der Waals surface area contributed by atoms with E-state index in [1.54, 1.807) is 6.33 Å². The van der Waals surface area contributed by atoms with E-state index in [9.17, 15) is 0 Å². The van der Waals surface area contributed by atoms with Crippen LogP contribution in [0.1, 0.15) is 26.3 Å². The van der Waals surface area contributed by atoms with Crippen LogP contribution in [0.2, 0.25) is 0 Å². The predicted molar refractivity (Wildman–Crippen MR) is 86.5 cm³/mol. The lowest BCUT2D eigenvalue weighted by molar-refractivity contribution is 0.340. The summed E-state index contributed by atoms with van der Waals surface area (Å²) < 4.78 is 5.44. The first-order chi connectivity index (χ1) is 10.3. The fourth-order valence-corrected chi connectivity index (χ4v) is 2.11. The number of nitrogens with one attached hydrogen (secondary N) is 2. The van der Waals surface area contributed by atoms with E-state index in [1.165, 1.54) is 0 Å². The van der Waals surface area contributed by atoms with Crippen LogP contribution in [0.5, 0.6) is 5.75 Å². The summed E-state index contributed by atoms with van der Waals surface area (Å²) in [6.45, 7) is 7.64. The van der Waals surface area contributed by atoms with Crippen molar-refractivity contribution in [3.8, 4) is 5.75 Å². The van der Waals surface area contributed by atoms with Crippen LogP contribution in [-0.2, 0) is 6.42 Å². The van der Waals surface area contributed by atoms with Crippen LogP contribution < -0.4 is 15.4 Å². The van der Waals surface area contributed by atoms with Crippen LogP contribution in [0.3, 0.4) is 0 Å². The molecule has 2 aromatic rings. The largest absolute Gasteiger partial charge is 0.494 e. The molecule has 112 valence electrons. The molecule has 2 N–H and O–H groups in total. The first-order valence-corrected chi connectivity index (χ1v) is 7.36. The third-order valence-corrected chi connectivity index (χ3v) is 3.07. The van der Waals surface area contributed by atoms with E-state index < -0.39 is 0 Å². The Morgan fingerprint density at radius 1 is 1.00 bits per heavy atom. The molecule has 21 heavy (non-hydrogen) atoms. The Bertz CT molecular complexity index is 569. The molecule has 1 aromatic carbocycles. The van der Waals surface area contributed by atoms with Gasteiger partial charge in [0.25, 0.3) is 0 Å². The second kappa shape index (κ2) is 7.47. The minimum absolute atomic E-state index is 0.671. The van der Waals surface area contributed by atoms with Gasteiger partial charge in [0.05, 0.1) is 6.61 Å². The monoisotopic (exact) mass is 286 g/mol. The number of ether oxygens (including phenoxy) is 1. The topological polar surface area (TPSA) is 59.1 Å². The van der Waals surface area contributed by atoms with Crippen molar-refractivity contribution in [2.75, 3.05) is 23.8 Å². The molecule has 1 aromatic heterocycles. The smallest absolute Gasteiger partial charge is 0.139 e. The molecule has 0 saturated heterocycles. The number of rotatable bonds is 7. The third-order valence-electron chi connectivity index (χ3n) is 3.07. The molecule has 0 radical (unpaired) electrons. The van der Waals surface area contributed by atoms with Gasteiger partial charge in [0.2, 0.25) is 0 Å². The van der Waals surface area contributed by atoms with Crippen LogP contribution in [0.4, 0.5) is 17.3 Å². The fraction of sp³-hybridized carbons (Fsp3) is 0.375. The summed E-state index contributed by atoms with van der Waals surface area (Å²) >= 11 is 0. The normalized spacial score (nSPS) is 10.2. The Hall–Kier alpha value is -2.30. The zero-order valence-electron chi connectivity index (χ0n) is 12.8. The van der Waals surface area contributed by atoms with Gasteiger partial charge in [-0.1, -0.05) is 6.92 Å². The number of anilines is 3. The van der Waals surface area contributed by atoms with Gasteiger partial charge in [-0.25, -0.2) is 9.97 Å². The van der Waals surface area contributed by atoms with E-state index in [0.29, 0.717) is 6.61 Å². The minimum Gasteiger partial charge on any atom is -0.494 e. The summed E-state index contributed by atoms with van der Waals surface area (Å²) in [5.41, 5.74) is 2.07. The number of hydrogen-bond donors (Lipinski definition) is 2. The minimum atomic E-state index is 0.671. The summed E-state index contributed by atoms with van der Waals surface area (Å²) in [6.07, 6.45) is 2.44. The van der Waals surface area contributed by atoms with Gasteiger partial charge in [0.15, 0.2) is 0 Å². The molecular formula is C16H22N4O. The standard InChI is InChI=1S/C16H22N4O/c1-4-14-15(17-5-2)18-11-19-16(14)20-12-7-9-13(10-8-12)21-6-3/h7-11H,4-6H2,1-3H3,(H2,17,18,19,20). The highest BCUT2D eigenvalue weighted by Crippen LogP contribution is 2.25. The average Bonchev–Trinajstić information content (AvgIpc) is 2.50. The quantitative estimate of drug-likeness (QED) is 0.814. The molecule has 5 nitrogen and oxygen atoms in total. The van der Waals surface area contributed by atoms with Crippen molar-refractivity contribution in [3.63, 3.8) is 0 Å². The van der Waals surface area contributed by atoms with Crippen molar-refractivity contribution in [2.45, 2.75) is 27.2 Å². The van der Waals surface area contributed by atoms with Gasteiger partial charge < -0.3 is 15.4 Å². The predicted octanol–water partition coefficient (Wildman–Crippen LogP) is 3.61. The Morgan fingerprint density at radius 2 is 1.71 bits per heavy atom. The maximum Gasteiger partial charge on any atom is 0.139 e. The van der Waals surface area contributed by atoms with E-state index in [4.69, 9.17) is 4.74 Å². The SMILES string of the molecule is CCNc1ncnc(Nc2ccc(OCC)cc2)c1CC. The van der Waals surface area contributed by atoms with E-state index in [1.807, 2.05) is 31.2 Å². The van der Waals surface area contributed by atoms with Gasteiger partial charge in [-0.05, 0) is 44.5 Å². The molecule has 0 saturated carbocycles. The molecule has 0 bridgehead atoms. The van der Waals surface area contributed by atoms with Gasteiger partial charge in [0, 0.05) is 17.8 Å². The van der Waals surface area contributed by atoms with Crippen molar-refractivity contribution >= 4 is 17.3 Å². The number of hydrogen-bond acceptors (Lipinski definition) is 5. The first-order valence-electron chi connectivity index (χ1n) is 7.36. The van der Waals surface area contributed by atoms with Gasteiger partial charge in [-0.15, -0.1) is 0 Å². The number of nitrogens with zero attached hydrogens (tertiary/aromatic N) is 2. The van der Waals surface area contributed by atoms with Gasteiger partial charge in [-0.2, -0.15) is 0 Å². The molecule has 2 rings (SSSR count). The van der Waals surface area contributed by atoms with Crippen LogP contribution in [0.25, 0.3) is 0 Å². The lowest BCUT2D eigenvalue weighted by Crippen LogP contribution is -2.07. The van der Waals surface area contributed by atoms with E-state index in [-0.39, 0.29) is 0 Å². The molecule has 0 fully saturated rings. The third kappa shape index (κ3) is 3.84. The molecule has 0 amide bonds. The number of benzene rings is 1. The Balaban J connectivity index is 2.20. The summed E-state index contributed by atoms with van der Waals surface area (Å²) in [5, 5.41) is 6.61. The molecule has 0 aliphatic heterocycles. The van der Waals surface area contributed by atoms with Crippen molar-refractivity contribution in [3.05, 3.63) is 36.2 Å². The van der Waals surface area contributed by atoms with Crippen LogP contribution in [0, 0.1) is 0 Å². The highest BCUT2D eigenvalue weighted by atomic mass is 16.5. The van der Waals surface area contributed by atoms with Crippen LogP contribution >= 0.6 is 0 Å². The molecule has 5 heteroatoms. The Kier molecular flexibility index (Phi) is 5.37. The lowest BCUT2D eigenvalue weighted by Gasteiger charge is -2.14. The summed E-state index contributed by atoms with van der Waals surface area (Å²) in [5.74, 6) is 2.60. The summed E-state index contributed by atoms with van der Waals surface area (Å²) in [7, 11) is 0. The Morgan fingerprint density at radius 3 is 2.33 bits per heavy atom. The molecule has 0 unspecified atom stereocenters. The zero-order valence-corrected chi connectivity index (χ0v) is 12.8. The summed E-state index contributed by atoms with van der Waals surface area (Å²) in [4.78, 5) is 8.65. The maximum atomic E-state index is 5.44. The Labute approximate surface area is 125 Å². The molecule has 1 heterocycles. The van der Waals surface area contributed by atoms with Crippen LogP contribution in [-0.4, -0.2) is 23.1 Å². The van der Waals surface area contributed by atoms with Crippen molar-refractivity contribution in [1.82, 2.24) is 9.97 Å². The number of aromatic nitrogens is 2. The second-order valence-corrected chi connectivity index (χ2v) is 4.52. The highest BCUT2D eigenvalue weighted by molar-refractivity contribution is 5.65. The average molecular weight is 286 g/mol. The van der Waals surface area contributed by atoms with Gasteiger partial charge in [-0.3, -0.25) is 0 Å². The van der Waals surface area contributed by atoms with Crippen LogP contribution in [0.15, 0.2) is 30.6 Å². The van der Waals surface area contributed by atoms with Crippen molar-refractivity contribution < 1.29 is 4.74 Å². The fourth-order valence-electron chi connectivity index (χ4n) is 2.11. The van der Waals surface area contributed by atoms with E-state index in [2.05, 4.69) is 34.4 Å². The summed E-state index contributed by atoms with van der Waals surface area (Å²) in [6, 6.07) is 7.87. The first kappa shape index (κ1) is 15.1. The molecule has 0 aliphatic rings.